The van der Waals surface area contributed by atoms with Gasteiger partial charge in [0.25, 0.3) is 0 Å². The summed E-state index contributed by atoms with van der Waals surface area (Å²) in [4.78, 5) is 11.6. The van der Waals surface area contributed by atoms with Crippen LogP contribution < -0.4 is 10.1 Å². The molecule has 0 radical (unpaired) electrons. The third kappa shape index (κ3) is 3.55. The molecule has 1 heterocycles. The van der Waals surface area contributed by atoms with Crippen LogP contribution in [0.15, 0.2) is 24.3 Å². The summed E-state index contributed by atoms with van der Waals surface area (Å²) < 4.78 is 11.1. The molecule has 0 saturated carbocycles. The van der Waals surface area contributed by atoms with E-state index in [1.54, 1.807) is 7.05 Å². The molecule has 1 aliphatic heterocycles. The van der Waals surface area contributed by atoms with E-state index in [0.29, 0.717) is 12.1 Å². The maximum Gasteiger partial charge on any atom is 0.176 e. The van der Waals surface area contributed by atoms with Gasteiger partial charge >= 0.3 is 0 Å². The predicted octanol–water partition coefficient (Wildman–Crippen LogP) is 1.65. The summed E-state index contributed by atoms with van der Waals surface area (Å²) in [5.74, 6) is 0.915. The minimum Gasteiger partial charge on any atom is -0.490 e. The van der Waals surface area contributed by atoms with Crippen LogP contribution in [0.4, 0.5) is 0 Å². The van der Waals surface area contributed by atoms with Crippen LogP contribution >= 0.6 is 0 Å². The minimum atomic E-state index is 0.0927. The lowest BCUT2D eigenvalue weighted by Crippen LogP contribution is -2.25. The van der Waals surface area contributed by atoms with Crippen molar-refractivity contribution in [3.05, 3.63) is 29.8 Å². The third-order valence-electron chi connectivity index (χ3n) is 2.98. The average Bonchev–Trinajstić information content (AvgIpc) is 2.41. The predicted molar refractivity (Wildman–Crippen MR) is 69.2 cm³/mol. The van der Waals surface area contributed by atoms with Gasteiger partial charge in [-0.3, -0.25) is 4.79 Å². The normalized spacial score (nSPS) is 16.5. The van der Waals surface area contributed by atoms with Crippen LogP contribution in [0.3, 0.4) is 0 Å². The highest BCUT2D eigenvalue weighted by Crippen LogP contribution is 2.18. The van der Waals surface area contributed by atoms with Gasteiger partial charge in [0.15, 0.2) is 5.78 Å². The molecular formula is C14H19NO3. The van der Waals surface area contributed by atoms with Crippen molar-refractivity contribution in [2.45, 2.75) is 18.9 Å². The van der Waals surface area contributed by atoms with Crippen LogP contribution in [0.2, 0.25) is 0 Å². The summed E-state index contributed by atoms with van der Waals surface area (Å²) in [5.41, 5.74) is 0.712. The molecule has 4 heteroatoms. The first-order valence-corrected chi connectivity index (χ1v) is 6.32. The van der Waals surface area contributed by atoms with Gasteiger partial charge in [-0.1, -0.05) is 0 Å². The topological polar surface area (TPSA) is 47.6 Å². The Labute approximate surface area is 107 Å². The number of hydrogen-bond acceptors (Lipinski definition) is 4. The Hall–Kier alpha value is -1.39. The molecule has 0 amide bonds. The van der Waals surface area contributed by atoms with Gasteiger partial charge in [-0.2, -0.15) is 0 Å². The van der Waals surface area contributed by atoms with E-state index >= 15 is 0 Å². The number of benzene rings is 1. The lowest BCUT2D eigenvalue weighted by molar-refractivity contribution is 0.0256. The van der Waals surface area contributed by atoms with Crippen LogP contribution in [0.5, 0.6) is 5.75 Å². The van der Waals surface area contributed by atoms with E-state index in [9.17, 15) is 4.79 Å². The van der Waals surface area contributed by atoms with Crippen molar-refractivity contribution in [2.75, 3.05) is 26.8 Å². The first-order chi connectivity index (χ1) is 8.79. The average molecular weight is 249 g/mol. The standard InChI is InChI=1S/C14H19NO3/c1-15-10-14(16)11-2-4-12(5-3-11)18-13-6-8-17-9-7-13/h2-5,13,15H,6-10H2,1H3. The first kappa shape index (κ1) is 13.1. The molecule has 0 atom stereocenters. The van der Waals surface area contributed by atoms with Gasteiger partial charge in [0.1, 0.15) is 11.9 Å². The van der Waals surface area contributed by atoms with Crippen molar-refractivity contribution in [3.63, 3.8) is 0 Å². The van der Waals surface area contributed by atoms with Crippen molar-refractivity contribution in [3.8, 4) is 5.75 Å². The zero-order valence-corrected chi connectivity index (χ0v) is 10.6. The lowest BCUT2D eigenvalue weighted by Gasteiger charge is -2.23. The number of rotatable bonds is 5. The fourth-order valence-corrected chi connectivity index (χ4v) is 1.97. The maximum absolute atomic E-state index is 11.6. The highest BCUT2D eigenvalue weighted by Gasteiger charge is 2.15. The molecule has 1 aromatic carbocycles. The molecule has 0 aromatic heterocycles. The number of likely N-dealkylation sites (N-methyl/N-ethyl adjacent to an activating group) is 1. The van der Waals surface area contributed by atoms with E-state index in [4.69, 9.17) is 9.47 Å². The number of ether oxygens (including phenoxy) is 2. The van der Waals surface area contributed by atoms with Gasteiger partial charge in [0.2, 0.25) is 0 Å². The van der Waals surface area contributed by atoms with Crippen molar-refractivity contribution < 1.29 is 14.3 Å². The molecule has 1 fully saturated rings. The minimum absolute atomic E-state index is 0.0927. The van der Waals surface area contributed by atoms with Crippen LogP contribution in [0.1, 0.15) is 23.2 Å². The van der Waals surface area contributed by atoms with E-state index in [1.165, 1.54) is 0 Å². The number of carbonyl (C=O) groups is 1. The maximum atomic E-state index is 11.6. The van der Waals surface area contributed by atoms with Crippen molar-refractivity contribution >= 4 is 5.78 Å². The smallest absolute Gasteiger partial charge is 0.176 e. The summed E-state index contributed by atoms with van der Waals surface area (Å²) in [6.07, 6.45) is 2.10. The van der Waals surface area contributed by atoms with E-state index < -0.39 is 0 Å². The zero-order valence-electron chi connectivity index (χ0n) is 10.6. The van der Waals surface area contributed by atoms with Gasteiger partial charge in [-0.15, -0.1) is 0 Å². The summed E-state index contributed by atoms with van der Waals surface area (Å²) in [7, 11) is 1.76. The second kappa shape index (κ2) is 6.52. The molecule has 1 aliphatic rings. The summed E-state index contributed by atoms with van der Waals surface area (Å²) in [6, 6.07) is 7.35. The Morgan fingerprint density at radius 1 is 1.33 bits per heavy atom. The lowest BCUT2D eigenvalue weighted by atomic mass is 10.1. The highest BCUT2D eigenvalue weighted by atomic mass is 16.5. The monoisotopic (exact) mass is 249 g/mol. The number of carbonyl (C=O) groups excluding carboxylic acids is 1. The molecule has 98 valence electrons. The molecule has 1 N–H and O–H groups in total. The number of hydrogen-bond donors (Lipinski definition) is 1. The van der Waals surface area contributed by atoms with Crippen LogP contribution in [0, 0.1) is 0 Å². The third-order valence-corrected chi connectivity index (χ3v) is 2.98. The first-order valence-electron chi connectivity index (χ1n) is 6.32. The van der Waals surface area contributed by atoms with Gasteiger partial charge in [-0.25, -0.2) is 0 Å². The van der Waals surface area contributed by atoms with E-state index in [1.807, 2.05) is 24.3 Å². The fourth-order valence-electron chi connectivity index (χ4n) is 1.97. The molecule has 18 heavy (non-hydrogen) atoms. The second-order valence-corrected chi connectivity index (χ2v) is 4.41. The fraction of sp³-hybridized carbons (Fsp3) is 0.500. The molecular weight excluding hydrogens is 230 g/mol. The van der Waals surface area contributed by atoms with Gasteiger partial charge in [0, 0.05) is 18.4 Å². The number of ketones is 1. The van der Waals surface area contributed by atoms with Crippen molar-refractivity contribution in [1.82, 2.24) is 5.32 Å². The van der Waals surface area contributed by atoms with Crippen molar-refractivity contribution in [1.29, 1.82) is 0 Å². The van der Waals surface area contributed by atoms with E-state index in [2.05, 4.69) is 5.32 Å². The van der Waals surface area contributed by atoms with Crippen molar-refractivity contribution in [2.24, 2.45) is 0 Å². The summed E-state index contributed by atoms with van der Waals surface area (Å²) >= 11 is 0. The van der Waals surface area contributed by atoms with E-state index in [0.717, 1.165) is 31.8 Å². The van der Waals surface area contributed by atoms with Gasteiger partial charge in [0.05, 0.1) is 19.8 Å². The quantitative estimate of drug-likeness (QED) is 0.806. The molecule has 1 aromatic rings. The van der Waals surface area contributed by atoms with Crippen LogP contribution in [-0.4, -0.2) is 38.7 Å². The molecule has 4 nitrogen and oxygen atoms in total. The number of nitrogens with one attached hydrogen (secondary N) is 1. The summed E-state index contributed by atoms with van der Waals surface area (Å²) in [6.45, 7) is 1.90. The Morgan fingerprint density at radius 2 is 2.00 bits per heavy atom. The Kier molecular flexibility index (Phi) is 4.73. The second-order valence-electron chi connectivity index (χ2n) is 4.41. The molecule has 2 rings (SSSR count). The largest absolute Gasteiger partial charge is 0.490 e. The molecule has 0 bridgehead atoms. The highest BCUT2D eigenvalue weighted by molar-refractivity contribution is 5.97. The Morgan fingerprint density at radius 3 is 2.61 bits per heavy atom. The van der Waals surface area contributed by atoms with E-state index in [-0.39, 0.29) is 11.9 Å². The molecule has 1 saturated heterocycles. The Bertz CT molecular complexity index is 383. The SMILES string of the molecule is CNCC(=O)c1ccc(OC2CCOCC2)cc1. The Balaban J connectivity index is 1.92. The molecule has 0 spiro atoms. The molecule has 0 unspecified atom stereocenters. The van der Waals surface area contributed by atoms with Gasteiger partial charge < -0.3 is 14.8 Å². The number of Topliss-reactive ketones (excluding diaryl/α,β-unsaturated/α-hetero) is 1. The van der Waals surface area contributed by atoms with Gasteiger partial charge in [-0.05, 0) is 31.3 Å². The zero-order chi connectivity index (χ0) is 12.8. The van der Waals surface area contributed by atoms with Crippen LogP contribution in [0.25, 0.3) is 0 Å². The molecule has 0 aliphatic carbocycles. The summed E-state index contributed by atoms with van der Waals surface area (Å²) in [5, 5.41) is 2.85. The van der Waals surface area contributed by atoms with Crippen LogP contribution in [-0.2, 0) is 4.74 Å².